The summed E-state index contributed by atoms with van der Waals surface area (Å²) in [6.07, 6.45) is -0.738. The molecule has 0 rings (SSSR count). The van der Waals surface area contributed by atoms with Gasteiger partial charge in [-0.2, -0.15) is 0 Å². The lowest BCUT2D eigenvalue weighted by atomic mass is 10.00. The summed E-state index contributed by atoms with van der Waals surface area (Å²) >= 11 is 0. The van der Waals surface area contributed by atoms with Gasteiger partial charge < -0.3 is 14.8 Å². The topological polar surface area (TPSA) is 81.7 Å². The van der Waals surface area contributed by atoms with Gasteiger partial charge in [-0.05, 0) is 26.7 Å². The van der Waals surface area contributed by atoms with Crippen molar-refractivity contribution in [2.24, 2.45) is 5.92 Å². The van der Waals surface area contributed by atoms with Crippen LogP contribution in [0.4, 0.5) is 4.79 Å². The van der Waals surface area contributed by atoms with Gasteiger partial charge in [0.25, 0.3) is 5.78 Å². The SMILES string of the molecule is COC(=O)C(=O)[C@@H](NC(=O)OC(C)(C)C)C(C)C. The van der Waals surface area contributed by atoms with Gasteiger partial charge in [0.15, 0.2) is 0 Å². The van der Waals surface area contributed by atoms with E-state index >= 15 is 0 Å². The van der Waals surface area contributed by atoms with Crippen molar-refractivity contribution in [2.75, 3.05) is 7.11 Å². The zero-order chi connectivity index (χ0) is 14.5. The number of esters is 1. The molecule has 6 nitrogen and oxygen atoms in total. The van der Waals surface area contributed by atoms with E-state index < -0.39 is 29.5 Å². The van der Waals surface area contributed by atoms with E-state index in [2.05, 4.69) is 10.1 Å². The highest BCUT2D eigenvalue weighted by Gasteiger charge is 2.31. The van der Waals surface area contributed by atoms with Crippen molar-refractivity contribution in [3.63, 3.8) is 0 Å². The number of ether oxygens (including phenoxy) is 2. The van der Waals surface area contributed by atoms with E-state index in [-0.39, 0.29) is 5.92 Å². The Bertz CT molecular complexity index is 330. The zero-order valence-electron chi connectivity index (χ0n) is 11.7. The molecule has 0 unspecified atom stereocenters. The minimum Gasteiger partial charge on any atom is -0.463 e. The van der Waals surface area contributed by atoms with Crippen LogP contribution < -0.4 is 5.32 Å². The van der Waals surface area contributed by atoms with Crippen molar-refractivity contribution in [1.29, 1.82) is 0 Å². The Labute approximate surface area is 107 Å². The number of hydrogen-bond acceptors (Lipinski definition) is 5. The first kappa shape index (κ1) is 16.4. The van der Waals surface area contributed by atoms with Gasteiger partial charge in [-0.15, -0.1) is 0 Å². The predicted molar refractivity (Wildman–Crippen MR) is 65.0 cm³/mol. The van der Waals surface area contributed by atoms with Gasteiger partial charge >= 0.3 is 12.1 Å². The number of hydrogen-bond donors (Lipinski definition) is 1. The van der Waals surface area contributed by atoms with Crippen molar-refractivity contribution in [2.45, 2.75) is 46.3 Å². The Hall–Kier alpha value is -1.59. The molecule has 0 aromatic rings. The average molecular weight is 259 g/mol. The van der Waals surface area contributed by atoms with Crippen LogP contribution in [0.1, 0.15) is 34.6 Å². The molecule has 0 saturated heterocycles. The number of rotatable bonds is 4. The first-order chi connectivity index (χ1) is 8.08. The van der Waals surface area contributed by atoms with E-state index in [1.54, 1.807) is 34.6 Å². The summed E-state index contributed by atoms with van der Waals surface area (Å²) in [6, 6.07) is -0.952. The Morgan fingerprint density at radius 1 is 1.11 bits per heavy atom. The molecule has 0 spiro atoms. The molecule has 104 valence electrons. The second-order valence-corrected chi connectivity index (χ2v) is 5.22. The van der Waals surface area contributed by atoms with Crippen molar-refractivity contribution in [3.05, 3.63) is 0 Å². The number of methoxy groups -OCH3 is 1. The molecule has 0 aliphatic heterocycles. The molecule has 0 heterocycles. The second kappa shape index (κ2) is 6.37. The molecule has 0 radical (unpaired) electrons. The third-order valence-corrected chi connectivity index (χ3v) is 2.01. The molecule has 1 amide bonds. The minimum absolute atomic E-state index is 0.246. The Morgan fingerprint density at radius 2 is 1.61 bits per heavy atom. The van der Waals surface area contributed by atoms with Crippen molar-refractivity contribution in [3.8, 4) is 0 Å². The van der Waals surface area contributed by atoms with Gasteiger partial charge in [0.2, 0.25) is 0 Å². The van der Waals surface area contributed by atoms with Crippen LogP contribution in [0.5, 0.6) is 0 Å². The first-order valence-electron chi connectivity index (χ1n) is 5.70. The van der Waals surface area contributed by atoms with Gasteiger partial charge in [-0.1, -0.05) is 13.8 Å². The highest BCUT2D eigenvalue weighted by Crippen LogP contribution is 2.09. The monoisotopic (exact) mass is 259 g/mol. The smallest absolute Gasteiger partial charge is 0.408 e. The highest BCUT2D eigenvalue weighted by atomic mass is 16.6. The van der Waals surface area contributed by atoms with Crippen LogP contribution in [0.25, 0.3) is 0 Å². The summed E-state index contributed by atoms with van der Waals surface area (Å²) in [5.74, 6) is -2.02. The fourth-order valence-electron chi connectivity index (χ4n) is 1.20. The Balaban J connectivity index is 4.70. The predicted octanol–water partition coefficient (Wildman–Crippen LogP) is 1.28. The normalized spacial score (nSPS) is 12.8. The minimum atomic E-state index is -0.982. The lowest BCUT2D eigenvalue weighted by Gasteiger charge is -2.24. The van der Waals surface area contributed by atoms with Crippen LogP contribution in [-0.4, -0.2) is 36.6 Å². The van der Waals surface area contributed by atoms with E-state index in [1.165, 1.54) is 0 Å². The quantitative estimate of drug-likeness (QED) is 0.607. The van der Waals surface area contributed by atoms with Crippen LogP contribution >= 0.6 is 0 Å². The number of nitrogens with one attached hydrogen (secondary N) is 1. The maximum atomic E-state index is 11.7. The molecule has 0 saturated carbocycles. The molecule has 0 fully saturated rings. The summed E-state index contributed by atoms with van der Waals surface area (Å²) in [7, 11) is 1.12. The van der Waals surface area contributed by atoms with Crippen molar-refractivity contribution in [1.82, 2.24) is 5.32 Å². The lowest BCUT2D eigenvalue weighted by Crippen LogP contribution is -2.49. The molecule has 0 aromatic carbocycles. The standard InChI is InChI=1S/C12H21NO5/c1-7(2)8(9(14)10(15)17-6)13-11(16)18-12(3,4)5/h7-8H,1-6H3,(H,13,16)/t8-/m0/s1. The maximum absolute atomic E-state index is 11.7. The van der Waals surface area contributed by atoms with Gasteiger partial charge in [0, 0.05) is 0 Å². The lowest BCUT2D eigenvalue weighted by molar-refractivity contribution is -0.153. The first-order valence-corrected chi connectivity index (χ1v) is 5.70. The van der Waals surface area contributed by atoms with Crippen LogP contribution in [0.15, 0.2) is 0 Å². The molecule has 18 heavy (non-hydrogen) atoms. The number of alkyl carbamates (subject to hydrolysis) is 1. The molecule has 0 aromatic heterocycles. The van der Waals surface area contributed by atoms with E-state index in [9.17, 15) is 14.4 Å². The molecule has 0 aliphatic rings. The Kier molecular flexibility index (Phi) is 5.81. The summed E-state index contributed by atoms with van der Waals surface area (Å²) in [5.41, 5.74) is -0.667. The summed E-state index contributed by atoms with van der Waals surface area (Å²) in [4.78, 5) is 34.4. The van der Waals surface area contributed by atoms with Gasteiger partial charge in [-0.25, -0.2) is 9.59 Å². The molecule has 0 aliphatic carbocycles. The van der Waals surface area contributed by atoms with E-state index in [0.717, 1.165) is 7.11 Å². The number of Topliss-reactive ketones (excluding diaryl/α,β-unsaturated/α-hetero) is 1. The molecule has 0 bridgehead atoms. The summed E-state index contributed by atoms with van der Waals surface area (Å²) in [5, 5.41) is 2.38. The highest BCUT2D eigenvalue weighted by molar-refractivity contribution is 6.36. The molecular weight excluding hydrogens is 238 g/mol. The van der Waals surface area contributed by atoms with E-state index in [1.807, 2.05) is 0 Å². The second-order valence-electron chi connectivity index (χ2n) is 5.22. The number of ketones is 1. The molecule has 6 heteroatoms. The third-order valence-electron chi connectivity index (χ3n) is 2.01. The van der Waals surface area contributed by atoms with Crippen LogP contribution in [-0.2, 0) is 19.1 Å². The fraction of sp³-hybridized carbons (Fsp3) is 0.750. The van der Waals surface area contributed by atoms with Crippen molar-refractivity contribution >= 4 is 17.8 Å². The number of carbonyl (C=O) groups is 3. The molecular formula is C12H21NO5. The summed E-state index contributed by atoms with van der Waals surface area (Å²) in [6.45, 7) is 8.54. The van der Waals surface area contributed by atoms with Crippen LogP contribution in [0.3, 0.4) is 0 Å². The fourth-order valence-corrected chi connectivity index (χ4v) is 1.20. The summed E-state index contributed by atoms with van der Waals surface area (Å²) < 4.78 is 9.37. The van der Waals surface area contributed by atoms with Crippen LogP contribution in [0, 0.1) is 5.92 Å². The van der Waals surface area contributed by atoms with Gasteiger partial charge in [0.1, 0.15) is 11.6 Å². The maximum Gasteiger partial charge on any atom is 0.408 e. The van der Waals surface area contributed by atoms with E-state index in [4.69, 9.17) is 4.74 Å². The molecule has 1 N–H and O–H groups in total. The van der Waals surface area contributed by atoms with Gasteiger partial charge in [0.05, 0.1) is 7.11 Å². The number of carbonyl (C=O) groups excluding carboxylic acids is 3. The van der Waals surface area contributed by atoms with E-state index in [0.29, 0.717) is 0 Å². The zero-order valence-corrected chi connectivity index (χ0v) is 11.7. The average Bonchev–Trinajstić information content (AvgIpc) is 2.20. The molecule has 1 atom stereocenters. The Morgan fingerprint density at radius 3 is 1.94 bits per heavy atom. The third kappa shape index (κ3) is 5.65. The largest absolute Gasteiger partial charge is 0.463 e. The number of amides is 1. The van der Waals surface area contributed by atoms with Gasteiger partial charge in [-0.3, -0.25) is 4.79 Å². The van der Waals surface area contributed by atoms with Crippen LogP contribution in [0.2, 0.25) is 0 Å². The van der Waals surface area contributed by atoms with Crippen molar-refractivity contribution < 1.29 is 23.9 Å².